The molecule has 2 unspecified atom stereocenters. The van der Waals surface area contributed by atoms with Gasteiger partial charge in [-0.25, -0.2) is 8.42 Å². The molecule has 1 heterocycles. The summed E-state index contributed by atoms with van der Waals surface area (Å²) in [5.41, 5.74) is -0.0314. The Bertz CT molecular complexity index is 1470. The lowest BCUT2D eigenvalue weighted by Gasteiger charge is -2.25. The predicted octanol–water partition coefficient (Wildman–Crippen LogP) is 4.00. The lowest BCUT2D eigenvalue weighted by Crippen LogP contribution is -2.49. The van der Waals surface area contributed by atoms with Crippen molar-refractivity contribution in [3.8, 4) is 11.8 Å². The molecule has 8 nitrogen and oxygen atoms in total. The van der Waals surface area contributed by atoms with Crippen LogP contribution in [0.1, 0.15) is 37.2 Å². The van der Waals surface area contributed by atoms with Gasteiger partial charge in [-0.2, -0.15) is 18.4 Å². The first-order chi connectivity index (χ1) is 18.8. The smallest absolute Gasteiger partial charge is 0.422 e. The molecule has 0 radical (unpaired) electrons. The van der Waals surface area contributed by atoms with Crippen LogP contribution in [0.4, 0.5) is 13.2 Å². The minimum atomic E-state index is -4.58. The number of hydrogen-bond acceptors (Lipinski definition) is 6. The molecule has 2 amide bonds. The number of alkyl halides is 3. The number of benzene rings is 2. The van der Waals surface area contributed by atoms with E-state index in [2.05, 4.69) is 16.1 Å². The first-order valence-corrected chi connectivity index (χ1v) is 14.6. The highest BCUT2D eigenvalue weighted by Gasteiger charge is 2.54. The molecule has 40 heavy (non-hydrogen) atoms. The second-order valence-electron chi connectivity index (χ2n) is 10.4. The Hall–Kier alpha value is -3.30. The molecule has 212 valence electrons. The Labute approximate surface area is 234 Å². The van der Waals surface area contributed by atoms with Crippen molar-refractivity contribution < 1.29 is 35.9 Å². The van der Waals surface area contributed by atoms with Crippen LogP contribution >= 0.6 is 11.6 Å². The molecule has 0 bridgehead atoms. The van der Waals surface area contributed by atoms with Crippen molar-refractivity contribution in [3.05, 3.63) is 59.1 Å². The largest absolute Gasteiger partial charge is 0.484 e. The normalized spacial score (nSPS) is 25.1. The van der Waals surface area contributed by atoms with E-state index in [1.165, 1.54) is 4.90 Å². The number of carbonyl (C=O) groups is 2. The Morgan fingerprint density at radius 1 is 1.15 bits per heavy atom. The summed E-state index contributed by atoms with van der Waals surface area (Å²) in [6.07, 6.45) is -3.30. The molecule has 3 fully saturated rings. The van der Waals surface area contributed by atoms with Gasteiger partial charge in [0, 0.05) is 18.5 Å². The summed E-state index contributed by atoms with van der Waals surface area (Å²) in [5.74, 6) is -1.63. The second-order valence-corrected chi connectivity index (χ2v) is 13.1. The molecule has 13 heteroatoms. The highest BCUT2D eigenvalue weighted by molar-refractivity contribution is 7.92. The van der Waals surface area contributed by atoms with E-state index in [0.717, 1.165) is 23.8 Å². The molecule has 0 spiro atoms. The van der Waals surface area contributed by atoms with Crippen molar-refractivity contribution in [3.63, 3.8) is 0 Å². The number of carbonyl (C=O) groups excluding carboxylic acids is 2. The quantitative estimate of drug-likeness (QED) is 0.493. The fourth-order valence-corrected chi connectivity index (χ4v) is 7.35. The van der Waals surface area contributed by atoms with Crippen LogP contribution in [0, 0.1) is 17.2 Å². The average Bonchev–Trinajstić information content (AvgIpc) is 3.83. The zero-order chi connectivity index (χ0) is 28.9. The van der Waals surface area contributed by atoms with Crippen molar-refractivity contribution in [1.82, 2.24) is 10.2 Å². The number of nitrogens with zero attached hydrogens (tertiary/aromatic N) is 2. The second kappa shape index (κ2) is 10.3. The first-order valence-electron chi connectivity index (χ1n) is 12.7. The number of nitriles is 1. The van der Waals surface area contributed by atoms with Gasteiger partial charge >= 0.3 is 6.18 Å². The van der Waals surface area contributed by atoms with Gasteiger partial charge in [-0.1, -0.05) is 41.9 Å². The molecule has 1 saturated heterocycles. The highest BCUT2D eigenvalue weighted by atomic mass is 35.5. The summed E-state index contributed by atoms with van der Waals surface area (Å²) >= 11 is 6.17. The fraction of sp³-hybridized carbons (Fsp3) is 0.444. The Balaban J connectivity index is 1.37. The van der Waals surface area contributed by atoms with Crippen LogP contribution in [-0.2, 0) is 19.4 Å². The molecule has 3 aliphatic rings. The van der Waals surface area contributed by atoms with Crippen molar-refractivity contribution in [2.24, 2.45) is 5.92 Å². The Morgan fingerprint density at radius 2 is 1.85 bits per heavy atom. The molecular formula is C27H25ClF3N3O5S. The number of nitrogens with one attached hydrogen (secondary N) is 1. The maximum absolute atomic E-state index is 13.6. The number of likely N-dealkylation sites (tertiary alicyclic amines) is 1. The molecular weight excluding hydrogens is 571 g/mol. The van der Waals surface area contributed by atoms with Gasteiger partial charge in [0.25, 0.3) is 0 Å². The summed E-state index contributed by atoms with van der Waals surface area (Å²) in [6.45, 7) is -1.83. The maximum Gasteiger partial charge on any atom is 0.422 e. The predicted molar refractivity (Wildman–Crippen MR) is 137 cm³/mol. The number of amides is 2. The third kappa shape index (κ3) is 5.76. The van der Waals surface area contributed by atoms with Crippen molar-refractivity contribution in [1.29, 1.82) is 5.26 Å². The van der Waals surface area contributed by atoms with Crippen LogP contribution in [-0.4, -0.2) is 61.3 Å². The topological polar surface area (TPSA) is 117 Å². The Kier molecular flexibility index (Phi) is 7.25. The van der Waals surface area contributed by atoms with E-state index in [-0.39, 0.29) is 40.5 Å². The van der Waals surface area contributed by atoms with Crippen LogP contribution in [0.2, 0.25) is 5.02 Å². The van der Waals surface area contributed by atoms with Gasteiger partial charge in [-0.05, 0) is 49.3 Å². The van der Waals surface area contributed by atoms with Crippen molar-refractivity contribution in [2.45, 2.75) is 59.5 Å². The number of hydrogen-bond donors (Lipinski definition) is 1. The third-order valence-electron chi connectivity index (χ3n) is 7.56. The zero-order valence-corrected chi connectivity index (χ0v) is 22.6. The summed E-state index contributed by atoms with van der Waals surface area (Å²) in [7, 11) is -4.22. The van der Waals surface area contributed by atoms with E-state index in [9.17, 15) is 36.4 Å². The summed E-state index contributed by atoms with van der Waals surface area (Å²) in [5, 5.41) is 10.6. The Morgan fingerprint density at radius 3 is 2.45 bits per heavy atom. The summed E-state index contributed by atoms with van der Waals surface area (Å²) in [6, 6.07) is 13.5. The van der Waals surface area contributed by atoms with E-state index in [1.807, 2.05) is 30.3 Å². The molecule has 2 saturated carbocycles. The SMILES string of the molecule is N#CC1(NC(=O)[C@@H]2C[C@@H](S(=O)(=O)c3ccc(OCC(F)(F)F)cc3Cl)CN2C(=O)C2CC2c2ccccc2)CC1. The van der Waals surface area contributed by atoms with Crippen molar-refractivity contribution >= 4 is 33.3 Å². The standard InChI is InChI=1S/C27H25ClF3N3O5S/c28-21-10-17(39-15-27(29,30)31)6-7-23(21)40(37,38)18-11-22(24(35)33-26(14-32)8-9-26)34(13-18)25(36)20-12-19(20)16-4-2-1-3-5-16/h1-7,10,18-20,22H,8-9,11-13,15H2,(H,33,35)/t18-,19?,20?,22+/m1/s1. The molecule has 2 aliphatic carbocycles. The van der Waals surface area contributed by atoms with Gasteiger partial charge in [0.05, 0.1) is 21.2 Å². The van der Waals surface area contributed by atoms with Crippen molar-refractivity contribution in [2.75, 3.05) is 13.2 Å². The molecule has 4 atom stereocenters. The van der Waals surface area contributed by atoms with E-state index >= 15 is 0 Å². The van der Waals surface area contributed by atoms with Crippen LogP contribution in [0.3, 0.4) is 0 Å². The molecule has 5 rings (SSSR count). The van der Waals surface area contributed by atoms with Gasteiger partial charge in [0.15, 0.2) is 16.4 Å². The maximum atomic E-state index is 13.6. The van der Waals surface area contributed by atoms with Crippen LogP contribution in [0.15, 0.2) is 53.4 Å². The van der Waals surface area contributed by atoms with Gasteiger partial charge in [-0.3, -0.25) is 9.59 Å². The molecule has 0 aromatic heterocycles. The highest BCUT2D eigenvalue weighted by Crippen LogP contribution is 2.49. The van der Waals surface area contributed by atoms with E-state index < -0.39 is 51.3 Å². The minimum absolute atomic E-state index is 0.0411. The fourth-order valence-electron chi connectivity index (χ4n) is 5.12. The lowest BCUT2D eigenvalue weighted by atomic mass is 10.1. The van der Waals surface area contributed by atoms with Crippen LogP contribution in [0.25, 0.3) is 0 Å². The van der Waals surface area contributed by atoms with Crippen LogP contribution < -0.4 is 10.1 Å². The van der Waals surface area contributed by atoms with Gasteiger partial charge in [-0.15, -0.1) is 0 Å². The summed E-state index contributed by atoms with van der Waals surface area (Å²) in [4.78, 5) is 27.8. The van der Waals surface area contributed by atoms with Gasteiger partial charge in [0.1, 0.15) is 17.3 Å². The number of rotatable bonds is 8. The first kappa shape index (κ1) is 28.2. The number of ether oxygens (including phenoxy) is 1. The number of sulfone groups is 1. The van der Waals surface area contributed by atoms with Crippen LogP contribution in [0.5, 0.6) is 5.75 Å². The van der Waals surface area contributed by atoms with E-state index in [4.69, 9.17) is 11.6 Å². The molecule has 2 aromatic carbocycles. The average molecular weight is 596 g/mol. The third-order valence-corrected chi connectivity index (χ3v) is 10.2. The van der Waals surface area contributed by atoms with Gasteiger partial charge in [0.2, 0.25) is 11.8 Å². The van der Waals surface area contributed by atoms with E-state index in [1.54, 1.807) is 0 Å². The number of halogens is 4. The van der Waals surface area contributed by atoms with Gasteiger partial charge < -0.3 is 15.0 Å². The summed E-state index contributed by atoms with van der Waals surface area (Å²) < 4.78 is 69.4. The zero-order valence-electron chi connectivity index (χ0n) is 21.0. The minimum Gasteiger partial charge on any atom is -0.484 e. The molecule has 1 aliphatic heterocycles. The van der Waals surface area contributed by atoms with E-state index in [0.29, 0.717) is 19.3 Å². The molecule has 1 N–H and O–H groups in total. The lowest BCUT2D eigenvalue weighted by molar-refractivity contribution is -0.153. The monoisotopic (exact) mass is 595 g/mol. The molecule has 2 aromatic rings.